The lowest BCUT2D eigenvalue weighted by molar-refractivity contribution is -0.137. The van der Waals surface area contributed by atoms with Crippen LogP contribution in [-0.4, -0.2) is 53.5 Å². The van der Waals surface area contributed by atoms with Gasteiger partial charge in [0, 0.05) is 32.0 Å². The summed E-state index contributed by atoms with van der Waals surface area (Å²) >= 11 is 11.8. The molecule has 0 aromatic heterocycles. The average Bonchev–Trinajstić information content (AvgIpc) is 3.25. The fourth-order valence-electron chi connectivity index (χ4n) is 3.08. The lowest BCUT2D eigenvalue weighted by Crippen LogP contribution is -2.35. The number of likely N-dealkylation sites (N-methyl/N-ethyl adjacent to an activating group) is 1. The second-order valence-electron chi connectivity index (χ2n) is 7.11. The van der Waals surface area contributed by atoms with Crippen LogP contribution in [0.2, 0.25) is 10.0 Å². The van der Waals surface area contributed by atoms with Gasteiger partial charge in [0.25, 0.3) is 0 Å². The molecule has 0 atom stereocenters. The molecule has 2 aromatic carbocycles. The van der Waals surface area contributed by atoms with Gasteiger partial charge in [-0.25, -0.2) is 5.01 Å². The zero-order chi connectivity index (χ0) is 22.4. The van der Waals surface area contributed by atoms with E-state index in [0.717, 1.165) is 11.3 Å². The summed E-state index contributed by atoms with van der Waals surface area (Å²) in [6.45, 7) is 0.354. The molecule has 1 heterocycles. The second kappa shape index (κ2) is 10.4. The smallest absolute Gasteiger partial charge is 0.243 e. The summed E-state index contributed by atoms with van der Waals surface area (Å²) in [5.41, 5.74) is 2.33. The number of anilines is 1. The zero-order valence-corrected chi connectivity index (χ0v) is 18.5. The van der Waals surface area contributed by atoms with Crippen LogP contribution in [0.5, 0.6) is 0 Å². The Hall–Kier alpha value is -2.90. The van der Waals surface area contributed by atoms with Gasteiger partial charge in [0.15, 0.2) is 0 Å². The van der Waals surface area contributed by atoms with Crippen LogP contribution in [0.15, 0.2) is 53.6 Å². The van der Waals surface area contributed by atoms with Crippen LogP contribution in [0.3, 0.4) is 0 Å². The Bertz CT molecular complexity index is 1010. The maximum absolute atomic E-state index is 12.4. The normalized spacial score (nSPS) is 13.0. The third-order valence-corrected chi connectivity index (χ3v) is 5.50. The molecule has 2 aromatic rings. The molecular weight excluding hydrogens is 439 g/mol. The molecule has 7 nitrogen and oxygen atoms in total. The molecule has 0 saturated heterocycles. The number of rotatable bonds is 7. The lowest BCUT2D eigenvalue weighted by atomic mass is 10.1. The molecule has 3 amide bonds. The maximum Gasteiger partial charge on any atom is 0.243 e. The van der Waals surface area contributed by atoms with Gasteiger partial charge < -0.3 is 10.2 Å². The fraction of sp³-hybridized carbons (Fsp3) is 0.273. The highest BCUT2D eigenvalue weighted by Gasteiger charge is 2.23. The molecule has 1 N–H and O–H groups in total. The third-order valence-electron chi connectivity index (χ3n) is 4.76. The van der Waals surface area contributed by atoms with E-state index in [2.05, 4.69) is 10.4 Å². The van der Waals surface area contributed by atoms with Crippen molar-refractivity contribution < 1.29 is 14.4 Å². The first-order valence-corrected chi connectivity index (χ1v) is 10.5. The Morgan fingerprint density at radius 1 is 1.06 bits per heavy atom. The number of benzene rings is 2. The predicted molar refractivity (Wildman–Crippen MR) is 121 cm³/mol. The van der Waals surface area contributed by atoms with Gasteiger partial charge in [0.05, 0.1) is 28.8 Å². The van der Waals surface area contributed by atoms with Crippen molar-refractivity contribution in [1.29, 1.82) is 0 Å². The molecule has 0 radical (unpaired) electrons. The van der Waals surface area contributed by atoms with Crippen LogP contribution in [0.4, 0.5) is 5.69 Å². The molecule has 1 aliphatic heterocycles. The minimum absolute atomic E-state index is 0.00206. The zero-order valence-electron chi connectivity index (χ0n) is 17.0. The predicted octanol–water partition coefficient (Wildman–Crippen LogP) is 3.81. The number of hydrazone groups is 1. The van der Waals surface area contributed by atoms with Gasteiger partial charge in [-0.3, -0.25) is 14.4 Å². The van der Waals surface area contributed by atoms with Crippen LogP contribution in [-0.2, 0) is 14.4 Å². The SMILES string of the molecule is CN(CC(=O)Nc1ccc(Cl)c(Cl)c1)C(=O)CCC(=O)N1CCC(c2ccccc2)=N1. The maximum atomic E-state index is 12.4. The highest BCUT2D eigenvalue weighted by atomic mass is 35.5. The topological polar surface area (TPSA) is 82.1 Å². The van der Waals surface area contributed by atoms with E-state index in [4.69, 9.17) is 23.2 Å². The number of carbonyl (C=O) groups is 3. The Morgan fingerprint density at radius 2 is 1.81 bits per heavy atom. The van der Waals surface area contributed by atoms with Crippen molar-refractivity contribution in [2.45, 2.75) is 19.3 Å². The molecule has 0 unspecified atom stereocenters. The number of amides is 3. The third kappa shape index (κ3) is 6.29. The van der Waals surface area contributed by atoms with E-state index in [-0.39, 0.29) is 37.1 Å². The minimum atomic E-state index is -0.378. The molecule has 0 aliphatic carbocycles. The second-order valence-corrected chi connectivity index (χ2v) is 7.92. The van der Waals surface area contributed by atoms with Gasteiger partial charge in [-0.15, -0.1) is 0 Å². The summed E-state index contributed by atoms with van der Waals surface area (Å²) in [6.07, 6.45) is 0.712. The van der Waals surface area contributed by atoms with E-state index in [1.54, 1.807) is 12.1 Å². The first kappa shape index (κ1) is 22.8. The summed E-state index contributed by atoms with van der Waals surface area (Å²) in [5.74, 6) is -0.894. The van der Waals surface area contributed by atoms with Gasteiger partial charge in [-0.1, -0.05) is 53.5 Å². The van der Waals surface area contributed by atoms with Crippen molar-refractivity contribution in [3.05, 3.63) is 64.1 Å². The standard InChI is InChI=1S/C22H22Cl2N4O3/c1-27(14-20(29)25-16-7-8-17(23)18(24)13-16)21(30)9-10-22(31)28-12-11-19(26-28)15-5-3-2-4-6-15/h2-8,13H,9-12,14H2,1H3,(H,25,29). The van der Waals surface area contributed by atoms with Crippen molar-refractivity contribution in [3.63, 3.8) is 0 Å². The van der Waals surface area contributed by atoms with Gasteiger partial charge in [0.2, 0.25) is 17.7 Å². The van der Waals surface area contributed by atoms with Crippen LogP contribution in [0, 0.1) is 0 Å². The first-order valence-electron chi connectivity index (χ1n) is 9.75. The number of hydrogen-bond donors (Lipinski definition) is 1. The van der Waals surface area contributed by atoms with E-state index in [9.17, 15) is 14.4 Å². The summed E-state index contributed by atoms with van der Waals surface area (Å²) < 4.78 is 0. The van der Waals surface area contributed by atoms with Crippen molar-refractivity contribution in [1.82, 2.24) is 9.91 Å². The van der Waals surface area contributed by atoms with Crippen LogP contribution >= 0.6 is 23.2 Å². The number of nitrogens with one attached hydrogen (secondary N) is 1. The fourth-order valence-corrected chi connectivity index (χ4v) is 3.38. The molecule has 1 aliphatic rings. The van der Waals surface area contributed by atoms with Gasteiger partial charge in [-0.2, -0.15) is 5.10 Å². The lowest BCUT2D eigenvalue weighted by Gasteiger charge is -2.17. The molecule has 31 heavy (non-hydrogen) atoms. The Morgan fingerprint density at radius 3 is 2.52 bits per heavy atom. The quantitative estimate of drug-likeness (QED) is 0.681. The highest BCUT2D eigenvalue weighted by molar-refractivity contribution is 6.42. The Kier molecular flexibility index (Phi) is 7.65. The van der Waals surface area contributed by atoms with Crippen LogP contribution in [0.25, 0.3) is 0 Å². The summed E-state index contributed by atoms with van der Waals surface area (Å²) in [6, 6.07) is 14.4. The molecule has 0 spiro atoms. The van der Waals surface area contributed by atoms with Gasteiger partial charge in [-0.05, 0) is 23.8 Å². The van der Waals surface area contributed by atoms with E-state index in [1.165, 1.54) is 23.0 Å². The van der Waals surface area contributed by atoms with Gasteiger partial charge >= 0.3 is 0 Å². The Labute approximate surface area is 190 Å². The molecule has 0 fully saturated rings. The van der Waals surface area contributed by atoms with Crippen molar-refractivity contribution in [3.8, 4) is 0 Å². The van der Waals surface area contributed by atoms with Crippen molar-refractivity contribution in [2.24, 2.45) is 5.10 Å². The van der Waals surface area contributed by atoms with Crippen LogP contribution in [0.1, 0.15) is 24.8 Å². The molecule has 9 heteroatoms. The Balaban J connectivity index is 1.45. The number of nitrogens with zero attached hydrogens (tertiary/aromatic N) is 3. The largest absolute Gasteiger partial charge is 0.336 e. The van der Waals surface area contributed by atoms with E-state index in [0.29, 0.717) is 28.7 Å². The highest BCUT2D eigenvalue weighted by Crippen LogP contribution is 2.25. The minimum Gasteiger partial charge on any atom is -0.336 e. The summed E-state index contributed by atoms with van der Waals surface area (Å²) in [4.78, 5) is 38.2. The summed E-state index contributed by atoms with van der Waals surface area (Å²) in [5, 5.41) is 9.15. The number of halogens is 2. The molecule has 0 bridgehead atoms. The average molecular weight is 461 g/mol. The van der Waals surface area contributed by atoms with Crippen LogP contribution < -0.4 is 5.32 Å². The number of carbonyl (C=O) groups excluding carboxylic acids is 3. The van der Waals surface area contributed by atoms with Gasteiger partial charge in [0.1, 0.15) is 0 Å². The number of hydrogen-bond acceptors (Lipinski definition) is 4. The molecule has 162 valence electrons. The van der Waals surface area contributed by atoms with Crippen molar-refractivity contribution >= 4 is 52.3 Å². The van der Waals surface area contributed by atoms with E-state index in [1.807, 2.05) is 30.3 Å². The molecule has 3 rings (SSSR count). The molecule has 0 saturated carbocycles. The van der Waals surface area contributed by atoms with E-state index < -0.39 is 0 Å². The first-order chi connectivity index (χ1) is 14.8. The summed E-state index contributed by atoms with van der Waals surface area (Å²) in [7, 11) is 1.52. The van der Waals surface area contributed by atoms with Crippen molar-refractivity contribution in [2.75, 3.05) is 25.5 Å². The molecular formula is C22H22Cl2N4O3. The van der Waals surface area contributed by atoms with E-state index >= 15 is 0 Å². The monoisotopic (exact) mass is 460 g/mol.